The number of benzene rings is 2. The quantitative estimate of drug-likeness (QED) is 0.349. The number of nitrogens with zero attached hydrogens (tertiary/aromatic N) is 1. The van der Waals surface area contributed by atoms with Gasteiger partial charge < -0.3 is 14.8 Å². The minimum atomic E-state index is -4.61. The van der Waals surface area contributed by atoms with Crippen molar-refractivity contribution in [3.63, 3.8) is 0 Å². The van der Waals surface area contributed by atoms with E-state index in [1.54, 1.807) is 6.92 Å². The Morgan fingerprint density at radius 1 is 0.970 bits per heavy atom. The van der Waals surface area contributed by atoms with Gasteiger partial charge in [-0.05, 0) is 37.6 Å². The molecule has 174 valence electrons. The van der Waals surface area contributed by atoms with Crippen molar-refractivity contribution in [1.29, 1.82) is 0 Å². The maximum atomic E-state index is 13.5. The van der Waals surface area contributed by atoms with E-state index in [1.165, 1.54) is 29.7 Å². The molecule has 2 N–H and O–H groups in total. The number of hydrogen-bond acceptors (Lipinski definition) is 3. The number of aliphatic carboxylic acids is 2. The molecule has 1 heterocycles. The van der Waals surface area contributed by atoms with Crippen LogP contribution < -0.4 is 0 Å². The summed E-state index contributed by atoms with van der Waals surface area (Å²) < 4.78 is 40.3. The van der Waals surface area contributed by atoms with Crippen LogP contribution in [0.3, 0.4) is 0 Å². The normalized spacial score (nSPS) is 12.2. The Labute approximate surface area is 191 Å². The first-order valence-electron chi connectivity index (χ1n) is 9.91. The van der Waals surface area contributed by atoms with E-state index in [9.17, 15) is 37.8 Å². The van der Waals surface area contributed by atoms with Gasteiger partial charge in [0.05, 0.1) is 16.8 Å². The van der Waals surface area contributed by atoms with Crippen LogP contribution in [0, 0.1) is 0 Å². The molecule has 0 saturated carbocycles. The van der Waals surface area contributed by atoms with Crippen LogP contribution in [0.4, 0.5) is 13.2 Å². The molecule has 3 rings (SSSR count). The van der Waals surface area contributed by atoms with Gasteiger partial charge in [-0.1, -0.05) is 36.7 Å². The summed E-state index contributed by atoms with van der Waals surface area (Å²) in [7, 11) is 0. The Morgan fingerprint density at radius 2 is 1.55 bits per heavy atom. The molecule has 0 spiro atoms. The van der Waals surface area contributed by atoms with Gasteiger partial charge in [0.1, 0.15) is 0 Å². The maximum Gasteiger partial charge on any atom is 0.416 e. The zero-order valence-electron chi connectivity index (χ0n) is 17.5. The summed E-state index contributed by atoms with van der Waals surface area (Å²) in [6.45, 7) is 3.19. The van der Waals surface area contributed by atoms with Crippen LogP contribution in [0.1, 0.15) is 47.4 Å². The highest BCUT2D eigenvalue weighted by Crippen LogP contribution is 2.41. The molecule has 1 aromatic heterocycles. The molecule has 0 fully saturated rings. The number of carbonyl (C=O) groups excluding carboxylic acids is 1. The standard InChI is InChI=1S/C23H19ClF3NO5/c1-3-22(20(30)31,21(32)33)17-15-10-9-14(24)11-16(15)28(4-2)18(17)19(29)12-5-7-13(8-6-12)23(25,26)27/h5-11H,3-4H2,1-2H3,(H,30,31)(H,32,33). The monoisotopic (exact) mass is 481 g/mol. The van der Waals surface area contributed by atoms with Gasteiger partial charge in [0, 0.05) is 28.1 Å². The second-order valence-electron chi connectivity index (χ2n) is 7.40. The Morgan fingerprint density at radius 3 is 2.00 bits per heavy atom. The van der Waals surface area contributed by atoms with E-state index in [0.717, 1.165) is 24.3 Å². The minimum absolute atomic E-state index is 0.145. The summed E-state index contributed by atoms with van der Waals surface area (Å²) in [5, 5.41) is 20.5. The molecular formula is C23H19ClF3NO5. The first-order chi connectivity index (χ1) is 15.4. The fourth-order valence-corrected chi connectivity index (χ4v) is 4.22. The molecule has 2 aromatic carbocycles. The number of alkyl halides is 3. The number of hydrogen-bond donors (Lipinski definition) is 2. The third-order valence-corrected chi connectivity index (χ3v) is 5.95. The van der Waals surface area contributed by atoms with Crippen molar-refractivity contribution in [3.8, 4) is 0 Å². The van der Waals surface area contributed by atoms with Gasteiger partial charge in [0.2, 0.25) is 5.78 Å². The number of carboxylic acids is 2. The number of carboxylic acid groups (broad SMARTS) is 2. The number of carbonyl (C=O) groups is 3. The van der Waals surface area contributed by atoms with Gasteiger partial charge in [0.15, 0.2) is 5.41 Å². The van der Waals surface area contributed by atoms with Crippen LogP contribution in [-0.2, 0) is 27.7 Å². The lowest BCUT2D eigenvalue weighted by molar-refractivity contribution is -0.157. The molecule has 0 aliphatic carbocycles. The summed E-state index contributed by atoms with van der Waals surface area (Å²) in [5.74, 6) is -4.12. The van der Waals surface area contributed by atoms with Crippen LogP contribution in [0.25, 0.3) is 10.9 Å². The lowest BCUT2D eigenvalue weighted by atomic mass is 9.75. The van der Waals surface area contributed by atoms with Crippen molar-refractivity contribution in [1.82, 2.24) is 4.57 Å². The third-order valence-electron chi connectivity index (χ3n) is 5.72. The largest absolute Gasteiger partial charge is 0.480 e. The van der Waals surface area contributed by atoms with E-state index in [1.807, 2.05) is 0 Å². The van der Waals surface area contributed by atoms with Gasteiger partial charge in [0.25, 0.3) is 0 Å². The number of fused-ring (bicyclic) bond motifs is 1. The van der Waals surface area contributed by atoms with Gasteiger partial charge >= 0.3 is 18.1 Å². The summed E-state index contributed by atoms with van der Waals surface area (Å²) in [4.78, 5) is 38.2. The molecular weight excluding hydrogens is 463 g/mol. The predicted molar refractivity (Wildman–Crippen MR) is 115 cm³/mol. The molecule has 0 aliphatic rings. The Kier molecular flexibility index (Phi) is 6.30. The summed E-state index contributed by atoms with van der Waals surface area (Å²) in [6.07, 6.45) is -4.98. The molecule has 0 atom stereocenters. The average molecular weight is 482 g/mol. The van der Waals surface area contributed by atoms with E-state index in [0.29, 0.717) is 5.52 Å². The van der Waals surface area contributed by atoms with E-state index in [2.05, 4.69) is 0 Å². The number of aryl methyl sites for hydroxylation is 1. The second kappa shape index (κ2) is 8.55. The first kappa shape index (κ1) is 24.3. The lowest BCUT2D eigenvalue weighted by Gasteiger charge is -2.25. The Balaban J connectivity index is 2.42. The van der Waals surface area contributed by atoms with Crippen molar-refractivity contribution >= 4 is 40.2 Å². The first-order valence-corrected chi connectivity index (χ1v) is 10.3. The molecule has 10 heteroatoms. The van der Waals surface area contributed by atoms with Gasteiger partial charge in [-0.25, -0.2) is 0 Å². The topological polar surface area (TPSA) is 96.6 Å². The second-order valence-corrected chi connectivity index (χ2v) is 7.84. The lowest BCUT2D eigenvalue weighted by Crippen LogP contribution is -2.44. The van der Waals surface area contributed by atoms with Crippen LogP contribution in [-0.4, -0.2) is 32.5 Å². The molecule has 0 saturated heterocycles. The summed E-state index contributed by atoms with van der Waals surface area (Å²) >= 11 is 6.10. The molecule has 33 heavy (non-hydrogen) atoms. The van der Waals surface area contributed by atoms with Gasteiger partial charge in [-0.2, -0.15) is 13.2 Å². The number of rotatable bonds is 7. The van der Waals surface area contributed by atoms with Crippen LogP contribution >= 0.6 is 11.6 Å². The highest BCUT2D eigenvalue weighted by Gasteiger charge is 2.51. The van der Waals surface area contributed by atoms with Crippen LogP contribution in [0.15, 0.2) is 42.5 Å². The average Bonchev–Trinajstić information content (AvgIpc) is 3.06. The summed E-state index contributed by atoms with van der Waals surface area (Å²) in [6, 6.07) is 7.82. The Hall–Kier alpha value is -3.33. The fourth-order valence-electron chi connectivity index (χ4n) is 4.05. The molecule has 0 unspecified atom stereocenters. The molecule has 0 bridgehead atoms. The van der Waals surface area contributed by atoms with Crippen LogP contribution in [0.5, 0.6) is 0 Å². The SMILES string of the molecule is CCn1c(C(=O)c2ccc(C(F)(F)F)cc2)c(C(CC)(C(=O)O)C(=O)O)c2ccc(Cl)cc21. The van der Waals surface area contributed by atoms with Crippen molar-refractivity contribution in [2.45, 2.75) is 38.4 Å². The summed E-state index contributed by atoms with van der Waals surface area (Å²) in [5.41, 5.74) is -3.68. The zero-order valence-corrected chi connectivity index (χ0v) is 18.3. The minimum Gasteiger partial charge on any atom is -0.480 e. The third kappa shape index (κ3) is 3.86. The smallest absolute Gasteiger partial charge is 0.416 e. The van der Waals surface area contributed by atoms with E-state index >= 15 is 0 Å². The van der Waals surface area contributed by atoms with Gasteiger partial charge in [-0.15, -0.1) is 0 Å². The molecule has 3 aromatic rings. The van der Waals surface area contributed by atoms with Gasteiger partial charge in [-0.3, -0.25) is 14.4 Å². The maximum absolute atomic E-state index is 13.5. The van der Waals surface area contributed by atoms with Crippen molar-refractivity contribution < 1.29 is 37.8 Å². The highest BCUT2D eigenvalue weighted by molar-refractivity contribution is 6.31. The Bertz CT molecular complexity index is 1250. The van der Waals surface area contributed by atoms with Crippen molar-refractivity contribution in [2.75, 3.05) is 0 Å². The van der Waals surface area contributed by atoms with E-state index in [4.69, 9.17) is 11.6 Å². The van der Waals surface area contributed by atoms with Crippen molar-refractivity contribution in [3.05, 3.63) is 69.9 Å². The molecule has 0 radical (unpaired) electrons. The number of ketones is 1. The van der Waals surface area contributed by atoms with E-state index in [-0.39, 0.29) is 40.2 Å². The number of aromatic nitrogens is 1. The zero-order chi connectivity index (χ0) is 24.7. The van der Waals surface area contributed by atoms with Crippen molar-refractivity contribution in [2.24, 2.45) is 0 Å². The predicted octanol–water partition coefficient (Wildman–Crippen LogP) is 5.38. The molecule has 6 nitrogen and oxygen atoms in total. The number of halogens is 4. The molecule has 0 aliphatic heterocycles. The molecule has 0 amide bonds. The van der Waals surface area contributed by atoms with Crippen LogP contribution in [0.2, 0.25) is 5.02 Å². The highest BCUT2D eigenvalue weighted by atomic mass is 35.5. The fraction of sp³-hybridized carbons (Fsp3) is 0.261. The van der Waals surface area contributed by atoms with E-state index < -0.39 is 34.9 Å².